The fourth-order valence-corrected chi connectivity index (χ4v) is 1.76. The SMILES string of the molecule is CCCCCC(=O)SC(C)CC. The summed E-state index contributed by atoms with van der Waals surface area (Å²) in [5.74, 6) is 0. The van der Waals surface area contributed by atoms with Crippen LogP contribution in [0.15, 0.2) is 0 Å². The van der Waals surface area contributed by atoms with Gasteiger partial charge < -0.3 is 0 Å². The van der Waals surface area contributed by atoms with Crippen molar-refractivity contribution in [3.05, 3.63) is 0 Å². The first-order chi connectivity index (χ1) is 5.70. The van der Waals surface area contributed by atoms with Gasteiger partial charge in [-0.2, -0.15) is 0 Å². The van der Waals surface area contributed by atoms with E-state index in [1.165, 1.54) is 24.6 Å². The van der Waals surface area contributed by atoms with Gasteiger partial charge >= 0.3 is 0 Å². The molecule has 0 aliphatic heterocycles. The molecule has 0 aromatic rings. The number of hydrogen-bond donors (Lipinski definition) is 0. The number of hydrogen-bond acceptors (Lipinski definition) is 2. The lowest BCUT2D eigenvalue weighted by Gasteiger charge is -2.05. The molecule has 0 amide bonds. The zero-order valence-corrected chi connectivity index (χ0v) is 9.25. The largest absolute Gasteiger partial charge is 0.287 e. The fraction of sp³-hybridized carbons (Fsp3) is 0.900. The molecule has 0 spiro atoms. The second kappa shape index (κ2) is 7.66. The molecule has 1 nitrogen and oxygen atoms in total. The Labute approximate surface area is 80.3 Å². The van der Waals surface area contributed by atoms with Crippen LogP contribution >= 0.6 is 11.8 Å². The van der Waals surface area contributed by atoms with Crippen LogP contribution in [0.4, 0.5) is 0 Å². The van der Waals surface area contributed by atoms with Gasteiger partial charge in [-0.05, 0) is 12.8 Å². The molecule has 0 N–H and O–H groups in total. The Morgan fingerprint density at radius 1 is 1.33 bits per heavy atom. The van der Waals surface area contributed by atoms with Crippen molar-refractivity contribution in [1.82, 2.24) is 0 Å². The molecule has 12 heavy (non-hydrogen) atoms. The Bertz CT molecular complexity index is 123. The highest BCUT2D eigenvalue weighted by atomic mass is 32.2. The lowest BCUT2D eigenvalue weighted by Crippen LogP contribution is -2.00. The number of rotatable bonds is 6. The van der Waals surface area contributed by atoms with E-state index in [9.17, 15) is 4.79 Å². The van der Waals surface area contributed by atoms with E-state index in [1.54, 1.807) is 0 Å². The Morgan fingerprint density at radius 2 is 2.00 bits per heavy atom. The molecule has 0 aliphatic carbocycles. The fourth-order valence-electron chi connectivity index (χ4n) is 0.886. The number of carbonyl (C=O) groups is 1. The Hall–Kier alpha value is 0.0200. The van der Waals surface area contributed by atoms with E-state index < -0.39 is 0 Å². The first-order valence-corrected chi connectivity index (χ1v) is 5.78. The molecule has 1 unspecified atom stereocenters. The maximum Gasteiger partial charge on any atom is 0.189 e. The standard InChI is InChI=1S/C10H20OS/c1-4-6-7-8-10(11)12-9(3)5-2/h9H,4-8H2,1-3H3. The molecule has 0 saturated heterocycles. The van der Waals surface area contributed by atoms with Gasteiger partial charge in [-0.25, -0.2) is 0 Å². The summed E-state index contributed by atoms with van der Waals surface area (Å²) in [6.45, 7) is 6.39. The molecule has 0 aromatic carbocycles. The second-order valence-corrected chi connectivity index (χ2v) is 4.66. The summed E-state index contributed by atoms with van der Waals surface area (Å²) in [4.78, 5) is 11.3. The maximum absolute atomic E-state index is 11.3. The first-order valence-electron chi connectivity index (χ1n) is 4.90. The van der Waals surface area contributed by atoms with Crippen LogP contribution < -0.4 is 0 Å². The summed E-state index contributed by atoms with van der Waals surface area (Å²) >= 11 is 1.51. The molecule has 0 aliphatic rings. The van der Waals surface area contributed by atoms with Crippen molar-refractivity contribution in [2.24, 2.45) is 0 Å². The highest BCUT2D eigenvalue weighted by Gasteiger charge is 2.06. The average molecular weight is 188 g/mol. The molecule has 72 valence electrons. The van der Waals surface area contributed by atoms with Gasteiger partial charge in [0.15, 0.2) is 5.12 Å². The monoisotopic (exact) mass is 188 g/mol. The third-order valence-corrected chi connectivity index (χ3v) is 3.09. The minimum Gasteiger partial charge on any atom is -0.287 e. The minimum absolute atomic E-state index is 0.373. The Kier molecular flexibility index (Phi) is 7.67. The molecule has 0 saturated carbocycles. The normalized spacial score (nSPS) is 12.9. The predicted molar refractivity (Wildman–Crippen MR) is 56.5 cm³/mol. The molecule has 0 radical (unpaired) electrons. The van der Waals surface area contributed by atoms with Crippen LogP contribution in [0.3, 0.4) is 0 Å². The van der Waals surface area contributed by atoms with Gasteiger partial charge in [-0.1, -0.05) is 45.4 Å². The summed E-state index contributed by atoms with van der Waals surface area (Å²) < 4.78 is 0. The van der Waals surface area contributed by atoms with E-state index in [0.29, 0.717) is 10.4 Å². The van der Waals surface area contributed by atoms with Crippen LogP contribution in [-0.2, 0) is 4.79 Å². The first kappa shape index (κ1) is 12.0. The summed E-state index contributed by atoms with van der Waals surface area (Å²) in [5.41, 5.74) is 0. The molecular formula is C10H20OS. The van der Waals surface area contributed by atoms with Gasteiger partial charge in [0.25, 0.3) is 0 Å². The Morgan fingerprint density at radius 3 is 2.50 bits per heavy atom. The van der Waals surface area contributed by atoms with Crippen molar-refractivity contribution in [1.29, 1.82) is 0 Å². The third-order valence-electron chi connectivity index (χ3n) is 1.89. The van der Waals surface area contributed by atoms with Gasteiger partial charge in [-0.15, -0.1) is 0 Å². The predicted octanol–water partition coefficient (Wildman–Crippen LogP) is 3.63. The topological polar surface area (TPSA) is 17.1 Å². The highest BCUT2D eigenvalue weighted by Crippen LogP contribution is 2.17. The van der Waals surface area contributed by atoms with Crippen molar-refractivity contribution < 1.29 is 4.79 Å². The van der Waals surface area contributed by atoms with Gasteiger partial charge in [0.1, 0.15) is 0 Å². The third kappa shape index (κ3) is 6.71. The number of thioether (sulfide) groups is 1. The van der Waals surface area contributed by atoms with Gasteiger partial charge in [0.2, 0.25) is 0 Å². The lowest BCUT2D eigenvalue weighted by molar-refractivity contribution is -0.111. The molecule has 0 rings (SSSR count). The van der Waals surface area contributed by atoms with Crippen LogP contribution in [0.25, 0.3) is 0 Å². The van der Waals surface area contributed by atoms with Crippen molar-refractivity contribution in [2.45, 2.75) is 58.1 Å². The van der Waals surface area contributed by atoms with E-state index in [-0.39, 0.29) is 0 Å². The second-order valence-electron chi connectivity index (χ2n) is 3.17. The molecule has 2 heteroatoms. The van der Waals surface area contributed by atoms with Gasteiger partial charge in [0, 0.05) is 11.7 Å². The van der Waals surface area contributed by atoms with E-state index in [2.05, 4.69) is 20.8 Å². The molecular weight excluding hydrogens is 168 g/mol. The van der Waals surface area contributed by atoms with E-state index in [1.807, 2.05) is 0 Å². The molecule has 0 fully saturated rings. The summed E-state index contributed by atoms with van der Waals surface area (Å²) in [6, 6.07) is 0. The van der Waals surface area contributed by atoms with Crippen LogP contribution in [0.2, 0.25) is 0 Å². The lowest BCUT2D eigenvalue weighted by atomic mass is 10.2. The van der Waals surface area contributed by atoms with Crippen LogP contribution in [-0.4, -0.2) is 10.4 Å². The van der Waals surface area contributed by atoms with Crippen molar-refractivity contribution in [2.75, 3.05) is 0 Å². The van der Waals surface area contributed by atoms with Crippen molar-refractivity contribution >= 4 is 16.9 Å². The average Bonchev–Trinajstić information content (AvgIpc) is 2.05. The summed E-state index contributed by atoms with van der Waals surface area (Å²) in [5, 5.41) is 0.872. The van der Waals surface area contributed by atoms with Crippen LogP contribution in [0, 0.1) is 0 Å². The van der Waals surface area contributed by atoms with Crippen LogP contribution in [0.1, 0.15) is 52.9 Å². The van der Waals surface area contributed by atoms with E-state index in [0.717, 1.165) is 19.3 Å². The smallest absolute Gasteiger partial charge is 0.189 e. The minimum atomic E-state index is 0.373. The molecule has 0 heterocycles. The van der Waals surface area contributed by atoms with Crippen molar-refractivity contribution in [3.8, 4) is 0 Å². The Balaban J connectivity index is 3.33. The molecule has 0 bridgehead atoms. The van der Waals surface area contributed by atoms with E-state index in [4.69, 9.17) is 0 Å². The van der Waals surface area contributed by atoms with Crippen LogP contribution in [0.5, 0.6) is 0 Å². The zero-order valence-electron chi connectivity index (χ0n) is 8.43. The van der Waals surface area contributed by atoms with Gasteiger partial charge in [0.05, 0.1) is 0 Å². The molecule has 1 atom stereocenters. The maximum atomic E-state index is 11.3. The van der Waals surface area contributed by atoms with Gasteiger partial charge in [-0.3, -0.25) is 4.79 Å². The van der Waals surface area contributed by atoms with Crippen molar-refractivity contribution in [3.63, 3.8) is 0 Å². The number of carbonyl (C=O) groups excluding carboxylic acids is 1. The zero-order chi connectivity index (χ0) is 9.40. The number of unbranched alkanes of at least 4 members (excludes halogenated alkanes) is 2. The quantitative estimate of drug-likeness (QED) is 0.592. The highest BCUT2D eigenvalue weighted by molar-refractivity contribution is 8.14. The summed E-state index contributed by atoms with van der Waals surface area (Å²) in [6.07, 6.45) is 5.31. The van der Waals surface area contributed by atoms with E-state index >= 15 is 0 Å². The molecule has 0 aromatic heterocycles. The summed E-state index contributed by atoms with van der Waals surface area (Å²) in [7, 11) is 0.